The van der Waals surface area contributed by atoms with E-state index >= 15 is 0 Å². The number of nitrogens with zero attached hydrogens (tertiary/aromatic N) is 1. The molecule has 100 valence electrons. The lowest BCUT2D eigenvalue weighted by atomic mass is 10.3. The van der Waals surface area contributed by atoms with Crippen LogP contribution in [0.2, 0.25) is 10.0 Å². The minimum Gasteiger partial charge on any atom is -0.395 e. The van der Waals surface area contributed by atoms with Gasteiger partial charge in [0.05, 0.1) is 23.2 Å². The van der Waals surface area contributed by atoms with Gasteiger partial charge in [-0.25, -0.2) is 0 Å². The van der Waals surface area contributed by atoms with E-state index in [1.54, 1.807) is 18.2 Å². The first-order chi connectivity index (χ1) is 8.56. The second-order valence-corrected chi connectivity index (χ2v) is 4.58. The van der Waals surface area contributed by atoms with Gasteiger partial charge in [0.15, 0.2) is 0 Å². The summed E-state index contributed by atoms with van der Waals surface area (Å²) in [6, 6.07) is 4.92. The predicted octanol–water partition coefficient (Wildman–Crippen LogP) is 2.25. The summed E-state index contributed by atoms with van der Waals surface area (Å²) in [5.74, 6) is -0.149. The molecule has 0 aliphatic carbocycles. The third-order valence-electron chi connectivity index (χ3n) is 2.43. The number of likely N-dealkylation sites (N-methyl/N-ethyl adjacent to an activating group) is 1. The molecule has 1 amide bonds. The fourth-order valence-corrected chi connectivity index (χ4v) is 1.77. The summed E-state index contributed by atoms with van der Waals surface area (Å²) in [5, 5.41) is 12.4. The van der Waals surface area contributed by atoms with Gasteiger partial charge in [-0.05, 0) is 24.7 Å². The molecule has 0 atom stereocenters. The normalized spacial score (nSPS) is 10.7. The first-order valence-electron chi connectivity index (χ1n) is 5.65. The van der Waals surface area contributed by atoms with Gasteiger partial charge in [-0.15, -0.1) is 0 Å². The Morgan fingerprint density at radius 1 is 1.39 bits per heavy atom. The molecule has 6 heteroatoms. The van der Waals surface area contributed by atoms with Crippen LogP contribution >= 0.6 is 23.2 Å². The molecule has 1 aromatic carbocycles. The van der Waals surface area contributed by atoms with Crippen molar-refractivity contribution in [2.45, 2.75) is 6.92 Å². The molecule has 0 spiro atoms. The zero-order chi connectivity index (χ0) is 13.5. The van der Waals surface area contributed by atoms with Gasteiger partial charge < -0.3 is 10.4 Å². The van der Waals surface area contributed by atoms with Gasteiger partial charge in [0.1, 0.15) is 0 Å². The van der Waals surface area contributed by atoms with E-state index in [-0.39, 0.29) is 19.1 Å². The van der Waals surface area contributed by atoms with Crippen molar-refractivity contribution in [1.29, 1.82) is 0 Å². The van der Waals surface area contributed by atoms with Crippen molar-refractivity contribution in [3.05, 3.63) is 28.2 Å². The Morgan fingerprint density at radius 2 is 2.11 bits per heavy atom. The molecule has 0 aliphatic heterocycles. The Hall–Kier alpha value is -0.810. The van der Waals surface area contributed by atoms with Crippen molar-refractivity contribution >= 4 is 34.8 Å². The summed E-state index contributed by atoms with van der Waals surface area (Å²) in [6.07, 6.45) is 0. The number of carbonyl (C=O) groups excluding carboxylic acids is 1. The third kappa shape index (κ3) is 4.82. The van der Waals surface area contributed by atoms with E-state index in [2.05, 4.69) is 5.32 Å². The van der Waals surface area contributed by atoms with Crippen molar-refractivity contribution in [2.24, 2.45) is 0 Å². The Balaban J connectivity index is 2.55. The number of hydrogen-bond acceptors (Lipinski definition) is 3. The van der Waals surface area contributed by atoms with Crippen LogP contribution in [-0.4, -0.2) is 42.2 Å². The number of rotatable bonds is 6. The number of amides is 1. The summed E-state index contributed by atoms with van der Waals surface area (Å²) in [5.41, 5.74) is 0.606. The number of nitrogens with one attached hydrogen (secondary N) is 1. The smallest absolute Gasteiger partial charge is 0.238 e. The standard InChI is InChI=1S/C12H16Cl2N2O2/c1-2-16(5-6-17)8-12(18)15-9-3-4-10(13)11(14)7-9/h3-4,7,17H,2,5-6,8H2,1H3,(H,15,18). The lowest BCUT2D eigenvalue weighted by Crippen LogP contribution is -2.35. The third-order valence-corrected chi connectivity index (χ3v) is 3.17. The maximum atomic E-state index is 11.7. The Bertz CT molecular complexity index is 413. The van der Waals surface area contributed by atoms with Gasteiger partial charge >= 0.3 is 0 Å². The first-order valence-corrected chi connectivity index (χ1v) is 6.40. The lowest BCUT2D eigenvalue weighted by Gasteiger charge is -2.18. The Morgan fingerprint density at radius 3 is 2.67 bits per heavy atom. The number of halogens is 2. The molecule has 1 aromatic rings. The fourth-order valence-electron chi connectivity index (χ4n) is 1.47. The van der Waals surface area contributed by atoms with E-state index in [1.165, 1.54) is 0 Å². The highest BCUT2D eigenvalue weighted by atomic mass is 35.5. The second kappa shape index (κ2) is 7.59. The summed E-state index contributed by atoms with van der Waals surface area (Å²) >= 11 is 11.6. The van der Waals surface area contributed by atoms with E-state index in [0.717, 1.165) is 0 Å². The zero-order valence-corrected chi connectivity index (χ0v) is 11.6. The summed E-state index contributed by atoms with van der Waals surface area (Å²) in [4.78, 5) is 13.6. The average Bonchev–Trinajstić information content (AvgIpc) is 2.33. The zero-order valence-electron chi connectivity index (χ0n) is 10.1. The molecule has 4 nitrogen and oxygen atoms in total. The fraction of sp³-hybridized carbons (Fsp3) is 0.417. The van der Waals surface area contributed by atoms with E-state index < -0.39 is 0 Å². The largest absolute Gasteiger partial charge is 0.395 e. The van der Waals surface area contributed by atoms with E-state index in [4.69, 9.17) is 28.3 Å². The van der Waals surface area contributed by atoms with Crippen LogP contribution in [0.15, 0.2) is 18.2 Å². The molecule has 0 aliphatic rings. The maximum Gasteiger partial charge on any atom is 0.238 e. The van der Waals surface area contributed by atoms with Crippen molar-refractivity contribution in [3.63, 3.8) is 0 Å². The van der Waals surface area contributed by atoms with Crippen LogP contribution in [0, 0.1) is 0 Å². The van der Waals surface area contributed by atoms with E-state index in [1.807, 2.05) is 11.8 Å². The van der Waals surface area contributed by atoms with Crippen LogP contribution in [0.4, 0.5) is 5.69 Å². The number of aliphatic hydroxyl groups excluding tert-OH is 1. The molecule has 0 bridgehead atoms. The Labute approximate surface area is 116 Å². The predicted molar refractivity (Wildman–Crippen MR) is 74.3 cm³/mol. The molecular formula is C12H16Cl2N2O2. The second-order valence-electron chi connectivity index (χ2n) is 3.77. The van der Waals surface area contributed by atoms with Gasteiger partial charge in [0.25, 0.3) is 0 Å². The number of carbonyl (C=O) groups is 1. The molecule has 18 heavy (non-hydrogen) atoms. The molecule has 0 saturated heterocycles. The summed E-state index contributed by atoms with van der Waals surface area (Å²) in [7, 11) is 0. The molecule has 0 radical (unpaired) electrons. The molecule has 0 saturated carbocycles. The molecule has 0 fully saturated rings. The van der Waals surface area contributed by atoms with E-state index in [0.29, 0.717) is 28.8 Å². The average molecular weight is 291 g/mol. The highest BCUT2D eigenvalue weighted by Gasteiger charge is 2.09. The minimum absolute atomic E-state index is 0.0356. The topological polar surface area (TPSA) is 52.6 Å². The van der Waals surface area contributed by atoms with Gasteiger partial charge in [-0.1, -0.05) is 30.1 Å². The van der Waals surface area contributed by atoms with Crippen LogP contribution < -0.4 is 5.32 Å². The highest BCUT2D eigenvalue weighted by molar-refractivity contribution is 6.42. The SMILES string of the molecule is CCN(CCO)CC(=O)Nc1ccc(Cl)c(Cl)c1. The lowest BCUT2D eigenvalue weighted by molar-refractivity contribution is -0.117. The van der Waals surface area contributed by atoms with Crippen molar-refractivity contribution in [1.82, 2.24) is 4.90 Å². The van der Waals surface area contributed by atoms with Crippen LogP contribution in [0.1, 0.15) is 6.92 Å². The van der Waals surface area contributed by atoms with Gasteiger partial charge in [0.2, 0.25) is 5.91 Å². The van der Waals surface area contributed by atoms with Crippen LogP contribution in [-0.2, 0) is 4.79 Å². The Kier molecular flexibility index (Phi) is 6.43. The molecular weight excluding hydrogens is 275 g/mol. The molecule has 0 heterocycles. The monoisotopic (exact) mass is 290 g/mol. The van der Waals surface area contributed by atoms with Gasteiger partial charge in [0, 0.05) is 12.2 Å². The quantitative estimate of drug-likeness (QED) is 0.845. The number of aliphatic hydroxyl groups is 1. The minimum atomic E-state index is -0.149. The van der Waals surface area contributed by atoms with Crippen LogP contribution in [0.3, 0.4) is 0 Å². The molecule has 1 rings (SSSR count). The molecule has 0 unspecified atom stereocenters. The van der Waals surface area contributed by atoms with Crippen molar-refractivity contribution in [3.8, 4) is 0 Å². The van der Waals surface area contributed by atoms with Crippen molar-refractivity contribution in [2.75, 3.05) is 31.6 Å². The number of benzene rings is 1. The molecule has 0 aromatic heterocycles. The highest BCUT2D eigenvalue weighted by Crippen LogP contribution is 2.24. The van der Waals surface area contributed by atoms with Crippen LogP contribution in [0.25, 0.3) is 0 Å². The summed E-state index contributed by atoms with van der Waals surface area (Å²) in [6.45, 7) is 3.38. The van der Waals surface area contributed by atoms with Gasteiger partial charge in [-0.3, -0.25) is 9.69 Å². The maximum absolute atomic E-state index is 11.7. The number of anilines is 1. The van der Waals surface area contributed by atoms with Crippen molar-refractivity contribution < 1.29 is 9.90 Å². The van der Waals surface area contributed by atoms with E-state index in [9.17, 15) is 4.79 Å². The first kappa shape index (κ1) is 15.2. The number of hydrogen-bond donors (Lipinski definition) is 2. The van der Waals surface area contributed by atoms with Gasteiger partial charge in [-0.2, -0.15) is 0 Å². The molecule has 2 N–H and O–H groups in total. The van der Waals surface area contributed by atoms with Crippen LogP contribution in [0.5, 0.6) is 0 Å². The summed E-state index contributed by atoms with van der Waals surface area (Å²) < 4.78 is 0.